The van der Waals surface area contributed by atoms with E-state index in [-0.39, 0.29) is 13.0 Å². The lowest BCUT2D eigenvalue weighted by Gasteiger charge is -2.15. The SMILES string of the molecule is CCCCCCCCCCCCCC(=O)OC[C@H](NC(=O)OCc1ccccc1)C(=O)O. The highest BCUT2D eigenvalue weighted by Crippen LogP contribution is 2.12. The molecule has 0 unspecified atom stereocenters. The Morgan fingerprint density at radius 1 is 0.844 bits per heavy atom. The van der Waals surface area contributed by atoms with Gasteiger partial charge in [-0.05, 0) is 12.0 Å². The summed E-state index contributed by atoms with van der Waals surface area (Å²) in [5, 5.41) is 11.5. The molecule has 0 saturated carbocycles. The minimum atomic E-state index is -1.35. The zero-order chi connectivity index (χ0) is 23.4. The third-order valence-corrected chi connectivity index (χ3v) is 5.20. The fourth-order valence-corrected chi connectivity index (χ4v) is 3.26. The number of amides is 1. The standard InChI is InChI=1S/C25H39NO6/c1-2-3-4-5-6-7-8-9-10-11-15-18-23(27)31-20-22(24(28)29)26-25(30)32-19-21-16-13-12-14-17-21/h12-14,16-17,22H,2-11,15,18-20H2,1H3,(H,26,30)(H,28,29)/t22-/m0/s1. The molecule has 0 saturated heterocycles. The molecule has 0 spiro atoms. The fourth-order valence-electron chi connectivity index (χ4n) is 3.26. The van der Waals surface area contributed by atoms with Crippen LogP contribution in [0, 0.1) is 0 Å². The lowest BCUT2D eigenvalue weighted by atomic mass is 10.1. The molecule has 0 aromatic heterocycles. The van der Waals surface area contributed by atoms with Crippen molar-refractivity contribution in [3.8, 4) is 0 Å². The van der Waals surface area contributed by atoms with Crippen LogP contribution in [0.2, 0.25) is 0 Å². The number of unbranched alkanes of at least 4 members (excludes halogenated alkanes) is 10. The first-order chi connectivity index (χ1) is 15.5. The second-order valence-corrected chi connectivity index (χ2v) is 8.07. The number of carbonyl (C=O) groups is 3. The minimum absolute atomic E-state index is 0.0255. The first kappa shape index (κ1) is 27.5. The van der Waals surface area contributed by atoms with E-state index in [0.717, 1.165) is 24.8 Å². The van der Waals surface area contributed by atoms with Gasteiger partial charge in [0.1, 0.15) is 13.2 Å². The Balaban J connectivity index is 2.09. The number of alkyl carbamates (subject to hydrolysis) is 1. The summed E-state index contributed by atoms with van der Waals surface area (Å²) in [5.74, 6) is -1.74. The average Bonchev–Trinajstić information content (AvgIpc) is 2.79. The summed E-state index contributed by atoms with van der Waals surface area (Å²) < 4.78 is 10.0. The van der Waals surface area contributed by atoms with Crippen LogP contribution < -0.4 is 5.32 Å². The number of hydrogen-bond donors (Lipinski definition) is 2. The van der Waals surface area contributed by atoms with Crippen molar-refractivity contribution in [1.29, 1.82) is 0 Å². The number of aliphatic carboxylic acids is 1. The molecule has 32 heavy (non-hydrogen) atoms. The molecular formula is C25H39NO6. The largest absolute Gasteiger partial charge is 0.480 e. The van der Waals surface area contributed by atoms with E-state index >= 15 is 0 Å². The van der Waals surface area contributed by atoms with E-state index in [1.165, 1.54) is 51.4 Å². The molecule has 0 aliphatic rings. The van der Waals surface area contributed by atoms with E-state index in [0.29, 0.717) is 0 Å². The molecule has 1 rings (SSSR count). The van der Waals surface area contributed by atoms with Crippen molar-refractivity contribution in [3.63, 3.8) is 0 Å². The van der Waals surface area contributed by atoms with Gasteiger partial charge in [-0.15, -0.1) is 0 Å². The summed E-state index contributed by atoms with van der Waals surface area (Å²) in [6.07, 6.45) is 12.4. The van der Waals surface area contributed by atoms with Gasteiger partial charge in [-0.1, -0.05) is 101 Å². The van der Waals surface area contributed by atoms with Crippen LogP contribution in [0.15, 0.2) is 30.3 Å². The Bertz CT molecular complexity index is 649. The molecule has 0 radical (unpaired) electrons. The fraction of sp³-hybridized carbons (Fsp3) is 0.640. The van der Waals surface area contributed by atoms with Crippen molar-refractivity contribution < 1.29 is 29.0 Å². The molecule has 1 aromatic carbocycles. The van der Waals surface area contributed by atoms with Crippen LogP contribution in [0.1, 0.15) is 89.5 Å². The zero-order valence-corrected chi connectivity index (χ0v) is 19.4. The van der Waals surface area contributed by atoms with Crippen molar-refractivity contribution in [2.45, 2.75) is 96.6 Å². The van der Waals surface area contributed by atoms with E-state index in [9.17, 15) is 19.5 Å². The molecule has 2 N–H and O–H groups in total. The quantitative estimate of drug-likeness (QED) is 0.223. The van der Waals surface area contributed by atoms with Gasteiger partial charge in [0.2, 0.25) is 0 Å². The minimum Gasteiger partial charge on any atom is -0.480 e. The highest BCUT2D eigenvalue weighted by Gasteiger charge is 2.22. The van der Waals surface area contributed by atoms with Gasteiger partial charge in [0.05, 0.1) is 0 Å². The van der Waals surface area contributed by atoms with Crippen LogP contribution in [0.4, 0.5) is 4.79 Å². The van der Waals surface area contributed by atoms with Gasteiger partial charge in [-0.25, -0.2) is 9.59 Å². The normalized spacial score (nSPS) is 11.5. The summed E-state index contributed by atoms with van der Waals surface area (Å²) in [5.41, 5.74) is 0.785. The first-order valence-electron chi connectivity index (χ1n) is 11.9. The van der Waals surface area contributed by atoms with Crippen molar-refractivity contribution >= 4 is 18.0 Å². The Morgan fingerprint density at radius 2 is 1.41 bits per heavy atom. The molecular weight excluding hydrogens is 410 g/mol. The molecule has 1 amide bonds. The van der Waals surface area contributed by atoms with Gasteiger partial charge >= 0.3 is 18.0 Å². The molecule has 0 aliphatic carbocycles. The maximum atomic E-state index is 11.9. The average molecular weight is 450 g/mol. The molecule has 180 valence electrons. The Kier molecular flexibility index (Phi) is 15.5. The van der Waals surface area contributed by atoms with Gasteiger partial charge in [0, 0.05) is 6.42 Å². The van der Waals surface area contributed by atoms with E-state index < -0.39 is 30.7 Å². The van der Waals surface area contributed by atoms with E-state index in [2.05, 4.69) is 12.2 Å². The van der Waals surface area contributed by atoms with Crippen LogP contribution in [0.5, 0.6) is 0 Å². The lowest BCUT2D eigenvalue weighted by Crippen LogP contribution is -2.44. The van der Waals surface area contributed by atoms with Crippen LogP contribution in [-0.4, -0.2) is 35.8 Å². The van der Waals surface area contributed by atoms with E-state index in [4.69, 9.17) is 9.47 Å². The molecule has 0 heterocycles. The first-order valence-corrected chi connectivity index (χ1v) is 11.9. The van der Waals surface area contributed by atoms with Crippen LogP contribution in [0.3, 0.4) is 0 Å². The maximum absolute atomic E-state index is 11.9. The Hall–Kier alpha value is -2.57. The van der Waals surface area contributed by atoms with Gasteiger partial charge in [-0.3, -0.25) is 4.79 Å². The topological polar surface area (TPSA) is 102 Å². The molecule has 7 nitrogen and oxygen atoms in total. The Morgan fingerprint density at radius 3 is 1.97 bits per heavy atom. The third-order valence-electron chi connectivity index (χ3n) is 5.20. The number of carbonyl (C=O) groups excluding carboxylic acids is 2. The van der Waals surface area contributed by atoms with Gasteiger partial charge in [0.25, 0.3) is 0 Å². The number of benzene rings is 1. The number of carboxylic acid groups (broad SMARTS) is 1. The summed E-state index contributed by atoms with van der Waals surface area (Å²) in [6.45, 7) is 1.83. The monoisotopic (exact) mass is 449 g/mol. The van der Waals surface area contributed by atoms with Crippen molar-refractivity contribution in [1.82, 2.24) is 5.32 Å². The smallest absolute Gasteiger partial charge is 0.408 e. The van der Waals surface area contributed by atoms with Gasteiger partial charge in [-0.2, -0.15) is 0 Å². The summed E-state index contributed by atoms with van der Waals surface area (Å²) in [7, 11) is 0. The number of carboxylic acids is 1. The Labute approximate surface area is 191 Å². The van der Waals surface area contributed by atoms with Crippen molar-refractivity contribution in [2.24, 2.45) is 0 Å². The number of nitrogens with one attached hydrogen (secondary N) is 1. The number of hydrogen-bond acceptors (Lipinski definition) is 5. The van der Waals surface area contributed by atoms with E-state index in [1.54, 1.807) is 12.1 Å². The number of ether oxygens (including phenoxy) is 2. The lowest BCUT2D eigenvalue weighted by molar-refractivity contribution is -0.148. The summed E-state index contributed by atoms with van der Waals surface area (Å²) >= 11 is 0. The van der Waals surface area contributed by atoms with Crippen LogP contribution >= 0.6 is 0 Å². The second kappa shape index (κ2) is 18.0. The number of rotatable bonds is 18. The molecule has 0 aliphatic heterocycles. The predicted octanol–water partition coefficient (Wildman–Crippen LogP) is 5.61. The second-order valence-electron chi connectivity index (χ2n) is 8.07. The summed E-state index contributed by atoms with van der Waals surface area (Å²) in [4.78, 5) is 35.0. The highest BCUT2D eigenvalue weighted by molar-refractivity contribution is 5.80. The molecule has 0 fully saturated rings. The molecule has 1 atom stereocenters. The van der Waals surface area contributed by atoms with Gasteiger partial charge < -0.3 is 19.9 Å². The van der Waals surface area contributed by atoms with Crippen LogP contribution in [0.25, 0.3) is 0 Å². The highest BCUT2D eigenvalue weighted by atomic mass is 16.6. The van der Waals surface area contributed by atoms with Crippen LogP contribution in [-0.2, 0) is 25.7 Å². The zero-order valence-electron chi connectivity index (χ0n) is 19.4. The van der Waals surface area contributed by atoms with E-state index in [1.807, 2.05) is 18.2 Å². The third kappa shape index (κ3) is 14.4. The van der Waals surface area contributed by atoms with Gasteiger partial charge in [0.15, 0.2) is 6.04 Å². The molecule has 7 heteroatoms. The predicted molar refractivity (Wildman–Crippen MR) is 123 cm³/mol. The van der Waals surface area contributed by atoms with Crippen molar-refractivity contribution in [2.75, 3.05) is 6.61 Å². The molecule has 0 bridgehead atoms. The maximum Gasteiger partial charge on any atom is 0.408 e. The summed E-state index contributed by atoms with van der Waals surface area (Å²) in [6, 6.07) is 7.70. The molecule has 1 aromatic rings. The van der Waals surface area contributed by atoms with Crippen molar-refractivity contribution in [3.05, 3.63) is 35.9 Å². The number of esters is 1.